The molecule has 0 saturated carbocycles. The summed E-state index contributed by atoms with van der Waals surface area (Å²) in [5.41, 5.74) is 0. The first-order valence-corrected chi connectivity index (χ1v) is 8.01. The Labute approximate surface area is 112 Å². The summed E-state index contributed by atoms with van der Waals surface area (Å²) in [7, 11) is -3.04. The Hall–Kier alpha value is -1.31. The number of hydrogen-bond acceptors (Lipinski definition) is 4. The molecule has 1 saturated heterocycles. The number of carboxylic acid groups (broad SMARTS) is 1. The molecule has 0 bridgehead atoms. The van der Waals surface area contributed by atoms with Gasteiger partial charge in [0.15, 0.2) is 9.84 Å². The summed E-state index contributed by atoms with van der Waals surface area (Å²) in [6.07, 6.45) is 0.405. The summed E-state index contributed by atoms with van der Waals surface area (Å²) in [6.45, 7) is 3.56. The Morgan fingerprint density at radius 1 is 1.37 bits per heavy atom. The lowest BCUT2D eigenvalue weighted by molar-refractivity contribution is -0.142. The van der Waals surface area contributed by atoms with Crippen LogP contribution in [0.1, 0.15) is 20.3 Å². The zero-order valence-corrected chi connectivity index (χ0v) is 11.9. The van der Waals surface area contributed by atoms with Crippen LogP contribution in [0.15, 0.2) is 0 Å². The van der Waals surface area contributed by atoms with Crippen molar-refractivity contribution >= 4 is 21.8 Å². The minimum absolute atomic E-state index is 0.0261. The number of carbonyl (C=O) groups is 2. The van der Waals surface area contributed by atoms with E-state index in [0.29, 0.717) is 6.42 Å². The van der Waals surface area contributed by atoms with E-state index in [0.717, 1.165) is 0 Å². The van der Waals surface area contributed by atoms with E-state index in [4.69, 9.17) is 5.11 Å². The summed E-state index contributed by atoms with van der Waals surface area (Å²) < 4.78 is 22.4. The second-order valence-corrected chi connectivity index (χ2v) is 7.37. The first kappa shape index (κ1) is 15.7. The van der Waals surface area contributed by atoms with Crippen LogP contribution in [0.25, 0.3) is 0 Å². The van der Waals surface area contributed by atoms with Crippen molar-refractivity contribution in [2.75, 3.05) is 18.1 Å². The van der Waals surface area contributed by atoms with Gasteiger partial charge in [0.1, 0.15) is 0 Å². The van der Waals surface area contributed by atoms with Crippen molar-refractivity contribution in [3.63, 3.8) is 0 Å². The van der Waals surface area contributed by atoms with Crippen LogP contribution in [0.3, 0.4) is 0 Å². The number of rotatable bonds is 5. The topological polar surface area (TPSA) is 113 Å². The molecule has 2 amide bonds. The molecule has 1 aliphatic rings. The SMILES string of the molecule is CC(C)C(CNC(=O)NC1CCS(=O)(=O)C1)C(=O)O. The number of hydrogen-bond donors (Lipinski definition) is 3. The van der Waals surface area contributed by atoms with Crippen molar-refractivity contribution in [3.05, 3.63) is 0 Å². The summed E-state index contributed by atoms with van der Waals surface area (Å²) in [5, 5.41) is 14.0. The molecular weight excluding hydrogens is 272 g/mol. The normalized spacial score (nSPS) is 23.0. The van der Waals surface area contributed by atoms with E-state index in [2.05, 4.69) is 10.6 Å². The summed E-state index contributed by atoms with van der Waals surface area (Å²) in [4.78, 5) is 22.5. The van der Waals surface area contributed by atoms with Gasteiger partial charge >= 0.3 is 12.0 Å². The number of aliphatic carboxylic acids is 1. The molecule has 2 unspecified atom stereocenters. The standard InChI is InChI=1S/C11H20N2O5S/c1-7(2)9(10(14)15)5-12-11(16)13-8-3-4-19(17,18)6-8/h7-9H,3-6H2,1-2H3,(H,14,15)(H2,12,13,16). The molecule has 7 nitrogen and oxygen atoms in total. The number of carboxylic acids is 1. The largest absolute Gasteiger partial charge is 0.481 e. The van der Waals surface area contributed by atoms with Gasteiger partial charge in [-0.25, -0.2) is 13.2 Å². The third-order valence-corrected chi connectivity index (χ3v) is 4.94. The molecule has 110 valence electrons. The first-order chi connectivity index (χ1) is 8.71. The Bertz CT molecular complexity index is 446. The van der Waals surface area contributed by atoms with Gasteiger partial charge in [-0.2, -0.15) is 0 Å². The van der Waals surface area contributed by atoms with E-state index < -0.39 is 27.8 Å². The number of nitrogens with one attached hydrogen (secondary N) is 2. The van der Waals surface area contributed by atoms with Gasteiger partial charge in [-0.15, -0.1) is 0 Å². The Kier molecular flexibility index (Phi) is 5.16. The van der Waals surface area contributed by atoms with Gasteiger partial charge in [0, 0.05) is 12.6 Å². The fraction of sp³-hybridized carbons (Fsp3) is 0.818. The van der Waals surface area contributed by atoms with Crippen molar-refractivity contribution in [1.29, 1.82) is 0 Å². The highest BCUT2D eigenvalue weighted by Crippen LogP contribution is 2.11. The fourth-order valence-electron chi connectivity index (χ4n) is 1.96. The fourth-order valence-corrected chi connectivity index (χ4v) is 3.63. The van der Waals surface area contributed by atoms with Crippen LogP contribution in [-0.4, -0.2) is 49.6 Å². The summed E-state index contributed by atoms with van der Waals surface area (Å²) in [6, 6.07) is -0.902. The lowest BCUT2D eigenvalue weighted by Crippen LogP contribution is -2.45. The minimum atomic E-state index is -3.04. The predicted molar refractivity (Wildman–Crippen MR) is 69.6 cm³/mol. The van der Waals surface area contributed by atoms with Gasteiger partial charge in [0.2, 0.25) is 0 Å². The molecule has 1 heterocycles. The van der Waals surface area contributed by atoms with Gasteiger partial charge < -0.3 is 15.7 Å². The molecule has 1 aliphatic heterocycles. The Balaban J connectivity index is 2.38. The third kappa shape index (κ3) is 5.06. The highest BCUT2D eigenvalue weighted by Gasteiger charge is 2.29. The molecule has 0 aromatic rings. The van der Waals surface area contributed by atoms with E-state index in [-0.39, 0.29) is 30.0 Å². The highest BCUT2D eigenvalue weighted by atomic mass is 32.2. The average molecular weight is 292 g/mol. The molecule has 0 aromatic carbocycles. The van der Waals surface area contributed by atoms with E-state index in [1.165, 1.54) is 0 Å². The van der Waals surface area contributed by atoms with Crippen LogP contribution in [0.2, 0.25) is 0 Å². The predicted octanol–water partition coefficient (Wildman–Crippen LogP) is -0.170. The molecule has 0 spiro atoms. The maximum absolute atomic E-state index is 11.5. The Morgan fingerprint density at radius 2 is 2.00 bits per heavy atom. The van der Waals surface area contributed by atoms with Gasteiger partial charge in [0.05, 0.1) is 17.4 Å². The summed E-state index contributed by atoms with van der Waals surface area (Å²) in [5.74, 6) is -1.67. The molecule has 1 fully saturated rings. The lowest BCUT2D eigenvalue weighted by atomic mass is 9.96. The summed E-state index contributed by atoms with van der Waals surface area (Å²) >= 11 is 0. The zero-order chi connectivity index (χ0) is 14.6. The van der Waals surface area contributed by atoms with Crippen molar-refractivity contribution in [2.45, 2.75) is 26.3 Å². The highest BCUT2D eigenvalue weighted by molar-refractivity contribution is 7.91. The quantitative estimate of drug-likeness (QED) is 0.651. The molecule has 0 aliphatic carbocycles. The molecule has 0 radical (unpaired) electrons. The van der Waals surface area contributed by atoms with Gasteiger partial charge in [-0.3, -0.25) is 4.79 Å². The first-order valence-electron chi connectivity index (χ1n) is 6.19. The number of carbonyl (C=O) groups excluding carboxylic acids is 1. The molecule has 19 heavy (non-hydrogen) atoms. The van der Waals surface area contributed by atoms with E-state index in [9.17, 15) is 18.0 Å². The molecule has 8 heteroatoms. The average Bonchev–Trinajstić information content (AvgIpc) is 2.56. The van der Waals surface area contributed by atoms with E-state index >= 15 is 0 Å². The Morgan fingerprint density at radius 3 is 2.42 bits per heavy atom. The van der Waals surface area contributed by atoms with Crippen molar-refractivity contribution in [2.24, 2.45) is 11.8 Å². The van der Waals surface area contributed by atoms with Crippen LogP contribution in [0, 0.1) is 11.8 Å². The van der Waals surface area contributed by atoms with Crippen molar-refractivity contribution < 1.29 is 23.1 Å². The number of urea groups is 1. The van der Waals surface area contributed by atoms with Crippen molar-refractivity contribution in [3.8, 4) is 0 Å². The molecule has 3 N–H and O–H groups in total. The number of sulfone groups is 1. The monoisotopic (exact) mass is 292 g/mol. The van der Waals surface area contributed by atoms with Crippen LogP contribution in [0.5, 0.6) is 0 Å². The second-order valence-electron chi connectivity index (χ2n) is 5.14. The third-order valence-electron chi connectivity index (χ3n) is 3.17. The molecular formula is C11H20N2O5S. The lowest BCUT2D eigenvalue weighted by Gasteiger charge is -2.18. The van der Waals surface area contributed by atoms with Gasteiger partial charge in [-0.1, -0.05) is 13.8 Å². The van der Waals surface area contributed by atoms with Gasteiger partial charge in [-0.05, 0) is 12.3 Å². The van der Waals surface area contributed by atoms with Gasteiger partial charge in [0.25, 0.3) is 0 Å². The molecule has 0 aromatic heterocycles. The van der Waals surface area contributed by atoms with Crippen LogP contribution in [-0.2, 0) is 14.6 Å². The van der Waals surface area contributed by atoms with Crippen LogP contribution < -0.4 is 10.6 Å². The van der Waals surface area contributed by atoms with Crippen LogP contribution >= 0.6 is 0 Å². The molecule has 1 rings (SSSR count). The van der Waals surface area contributed by atoms with E-state index in [1.54, 1.807) is 13.8 Å². The van der Waals surface area contributed by atoms with Crippen LogP contribution in [0.4, 0.5) is 4.79 Å². The molecule has 2 atom stereocenters. The zero-order valence-electron chi connectivity index (χ0n) is 11.0. The van der Waals surface area contributed by atoms with E-state index in [1.807, 2.05) is 0 Å². The minimum Gasteiger partial charge on any atom is -0.481 e. The second kappa shape index (κ2) is 6.23. The van der Waals surface area contributed by atoms with Crippen molar-refractivity contribution in [1.82, 2.24) is 10.6 Å². The number of amides is 2. The smallest absolute Gasteiger partial charge is 0.315 e. The maximum Gasteiger partial charge on any atom is 0.315 e. The maximum atomic E-state index is 11.5.